The molecule has 0 spiro atoms. The zero-order chi connectivity index (χ0) is 19.3. The zero-order valence-electron chi connectivity index (χ0n) is 15.3. The van der Waals surface area contributed by atoms with Crippen LogP contribution in [0.1, 0.15) is 20.3 Å². The van der Waals surface area contributed by atoms with E-state index in [-0.39, 0.29) is 23.4 Å². The third-order valence-electron chi connectivity index (χ3n) is 4.73. The molecule has 8 nitrogen and oxygen atoms in total. The molecule has 0 aliphatic carbocycles. The highest BCUT2D eigenvalue weighted by Gasteiger charge is 2.30. The minimum atomic E-state index is -0.446. The van der Waals surface area contributed by atoms with Crippen molar-refractivity contribution in [2.45, 2.75) is 26.3 Å². The van der Waals surface area contributed by atoms with E-state index >= 15 is 0 Å². The van der Waals surface area contributed by atoms with Gasteiger partial charge in [0.15, 0.2) is 5.75 Å². The van der Waals surface area contributed by atoms with Gasteiger partial charge >= 0.3 is 11.7 Å². The third-order valence-corrected chi connectivity index (χ3v) is 4.94. The molecule has 0 saturated carbocycles. The third kappa shape index (κ3) is 4.79. The second kappa shape index (κ2) is 9.09. The lowest BCUT2D eigenvalue weighted by atomic mass is 9.98. The summed E-state index contributed by atoms with van der Waals surface area (Å²) in [4.78, 5) is 26.5. The van der Waals surface area contributed by atoms with E-state index in [1.54, 1.807) is 12.1 Å². The molecule has 0 aromatic heterocycles. The van der Waals surface area contributed by atoms with Gasteiger partial charge in [0.1, 0.15) is 0 Å². The number of thiol groups is 1. The number of benzene rings is 1. The number of methoxy groups -OCH3 is 1. The van der Waals surface area contributed by atoms with Crippen LogP contribution < -0.4 is 9.64 Å². The summed E-state index contributed by atoms with van der Waals surface area (Å²) >= 11 is 3.54. The highest BCUT2D eigenvalue weighted by Crippen LogP contribution is 2.32. The van der Waals surface area contributed by atoms with Crippen LogP contribution in [0.4, 0.5) is 11.4 Å². The van der Waals surface area contributed by atoms with Gasteiger partial charge < -0.3 is 13.8 Å². The van der Waals surface area contributed by atoms with Crippen molar-refractivity contribution in [2.75, 3.05) is 38.2 Å². The van der Waals surface area contributed by atoms with E-state index in [2.05, 4.69) is 40.7 Å². The molecule has 0 amide bonds. The molecule has 9 heteroatoms. The van der Waals surface area contributed by atoms with Gasteiger partial charge in [-0.25, -0.2) is 0 Å². The number of anilines is 1. The maximum atomic E-state index is 11.4. The Bertz CT molecular complexity index is 655. The smallest absolute Gasteiger partial charge is 0.318 e. The molecular weight excluding hydrogens is 358 g/mol. The van der Waals surface area contributed by atoms with Crippen LogP contribution in [-0.2, 0) is 8.98 Å². The van der Waals surface area contributed by atoms with Crippen LogP contribution in [0.3, 0.4) is 0 Å². The summed E-state index contributed by atoms with van der Waals surface area (Å²) < 4.78 is 9.61. The van der Waals surface area contributed by atoms with Crippen LogP contribution in [-0.4, -0.2) is 55.1 Å². The first-order valence-corrected chi connectivity index (χ1v) is 8.89. The van der Waals surface area contributed by atoms with Crippen LogP contribution in [0, 0.1) is 16.0 Å². The Morgan fingerprint density at radius 1 is 1.42 bits per heavy atom. The fourth-order valence-electron chi connectivity index (χ4n) is 3.29. The van der Waals surface area contributed by atoms with E-state index in [4.69, 9.17) is 4.74 Å². The van der Waals surface area contributed by atoms with Crippen molar-refractivity contribution in [3.63, 3.8) is 0 Å². The Morgan fingerprint density at radius 2 is 2.15 bits per heavy atom. The lowest BCUT2D eigenvalue weighted by Gasteiger charge is -2.44. The molecule has 2 rings (SSSR count). The van der Waals surface area contributed by atoms with Gasteiger partial charge in [-0.1, -0.05) is 13.8 Å². The molecule has 1 atom stereocenters. The predicted octanol–water partition coefficient (Wildman–Crippen LogP) is 2.53. The van der Waals surface area contributed by atoms with E-state index in [1.807, 2.05) is 0 Å². The van der Waals surface area contributed by atoms with Crippen LogP contribution in [0.15, 0.2) is 18.2 Å². The van der Waals surface area contributed by atoms with E-state index in [9.17, 15) is 14.9 Å². The number of rotatable bonds is 7. The molecule has 1 aromatic rings. The second-order valence-electron chi connectivity index (χ2n) is 6.62. The highest BCUT2D eigenvalue weighted by atomic mass is 32.1. The first-order valence-electron chi connectivity index (χ1n) is 8.53. The Balaban J connectivity index is 2.13. The Morgan fingerprint density at radius 3 is 2.73 bits per heavy atom. The first kappa shape index (κ1) is 20.3. The van der Waals surface area contributed by atoms with Crippen molar-refractivity contribution in [3.05, 3.63) is 28.3 Å². The SMILES string of the molecule is COc1cc(N2CCN(CCC(=O)OS)[C@@H](C(C)C)C2)ccc1[N+](=O)[O-]. The largest absolute Gasteiger partial charge is 0.490 e. The molecule has 1 saturated heterocycles. The van der Waals surface area contributed by atoms with E-state index in [0.717, 1.165) is 25.3 Å². The molecule has 1 fully saturated rings. The number of ether oxygens (including phenoxy) is 1. The molecule has 1 heterocycles. The van der Waals surface area contributed by atoms with Crippen molar-refractivity contribution in [3.8, 4) is 5.75 Å². The molecule has 0 unspecified atom stereocenters. The fraction of sp³-hybridized carbons (Fsp3) is 0.588. The average Bonchev–Trinajstić information content (AvgIpc) is 2.65. The van der Waals surface area contributed by atoms with Gasteiger partial charge in [0, 0.05) is 63.0 Å². The minimum absolute atomic E-state index is 0.0411. The molecule has 0 N–H and O–H groups in total. The van der Waals surface area contributed by atoms with Crippen LogP contribution in [0.5, 0.6) is 5.75 Å². The number of nitrogens with zero attached hydrogens (tertiary/aromatic N) is 3. The molecule has 144 valence electrons. The zero-order valence-corrected chi connectivity index (χ0v) is 16.1. The lowest BCUT2D eigenvalue weighted by molar-refractivity contribution is -0.385. The number of carbonyl (C=O) groups is 1. The average molecular weight is 383 g/mol. The normalized spacial score (nSPS) is 18.0. The summed E-state index contributed by atoms with van der Waals surface area (Å²) in [5, 5.41) is 11.1. The van der Waals surface area contributed by atoms with E-state index in [1.165, 1.54) is 13.2 Å². The predicted molar refractivity (Wildman–Crippen MR) is 102 cm³/mol. The lowest BCUT2D eigenvalue weighted by Crippen LogP contribution is -2.55. The standard InChI is InChI=1S/C17H25N3O5S/c1-12(2)15-11-19(9-8-18(15)7-6-17(21)25-26)13-4-5-14(20(22)23)16(10-13)24-3/h4-5,10,12,15,26H,6-9,11H2,1-3H3/t15-/m1/s1. The quantitative estimate of drug-likeness (QED) is 0.335. The van der Waals surface area contributed by atoms with Crippen molar-refractivity contribution < 1.29 is 18.6 Å². The number of piperazine rings is 1. The summed E-state index contributed by atoms with van der Waals surface area (Å²) in [5.74, 6) is 0.315. The number of nitro groups is 1. The van der Waals surface area contributed by atoms with Gasteiger partial charge in [0.05, 0.1) is 18.5 Å². The van der Waals surface area contributed by atoms with E-state index < -0.39 is 4.92 Å². The van der Waals surface area contributed by atoms with Crippen molar-refractivity contribution in [2.24, 2.45) is 5.92 Å². The van der Waals surface area contributed by atoms with Crippen molar-refractivity contribution in [1.82, 2.24) is 4.90 Å². The number of carbonyl (C=O) groups excluding carboxylic acids is 1. The summed E-state index contributed by atoms with van der Waals surface area (Å²) in [6.45, 7) is 7.25. The molecule has 1 aromatic carbocycles. The molecule has 0 bridgehead atoms. The maximum Gasteiger partial charge on any atom is 0.318 e. The van der Waals surface area contributed by atoms with Gasteiger partial charge in [-0.05, 0) is 12.0 Å². The highest BCUT2D eigenvalue weighted by molar-refractivity contribution is 7.75. The van der Waals surface area contributed by atoms with Gasteiger partial charge in [-0.2, -0.15) is 0 Å². The molecule has 26 heavy (non-hydrogen) atoms. The molecule has 0 radical (unpaired) electrons. The Hall–Kier alpha value is -2.00. The summed E-state index contributed by atoms with van der Waals surface area (Å²) in [5.41, 5.74) is 0.855. The Kier molecular flexibility index (Phi) is 7.10. The number of hydrogen-bond donors (Lipinski definition) is 1. The summed E-state index contributed by atoms with van der Waals surface area (Å²) in [6.07, 6.45) is 0.304. The van der Waals surface area contributed by atoms with Gasteiger partial charge in [0.25, 0.3) is 0 Å². The monoisotopic (exact) mass is 383 g/mol. The molecular formula is C17H25N3O5S. The van der Waals surface area contributed by atoms with Crippen molar-refractivity contribution in [1.29, 1.82) is 0 Å². The van der Waals surface area contributed by atoms with Gasteiger partial charge in [-0.3, -0.25) is 19.8 Å². The summed E-state index contributed by atoms with van der Waals surface area (Å²) in [7, 11) is 1.43. The van der Waals surface area contributed by atoms with Crippen LogP contribution >= 0.6 is 12.9 Å². The summed E-state index contributed by atoms with van der Waals surface area (Å²) in [6, 6.07) is 5.21. The number of nitro benzene ring substituents is 1. The van der Waals surface area contributed by atoms with Gasteiger partial charge in [0.2, 0.25) is 0 Å². The Labute approximate surface area is 158 Å². The minimum Gasteiger partial charge on any atom is -0.490 e. The topological polar surface area (TPSA) is 85.2 Å². The maximum absolute atomic E-state index is 11.4. The molecule has 1 aliphatic rings. The van der Waals surface area contributed by atoms with Gasteiger partial charge in [-0.15, -0.1) is 0 Å². The fourth-order valence-corrected chi connectivity index (χ4v) is 3.38. The van der Waals surface area contributed by atoms with Crippen LogP contribution in [0.25, 0.3) is 0 Å². The van der Waals surface area contributed by atoms with Crippen LogP contribution in [0.2, 0.25) is 0 Å². The van der Waals surface area contributed by atoms with E-state index in [0.29, 0.717) is 18.9 Å². The first-order chi connectivity index (χ1) is 12.4. The second-order valence-corrected chi connectivity index (χ2v) is 6.80. The number of hydrogen-bond acceptors (Lipinski definition) is 8. The van der Waals surface area contributed by atoms with Crippen molar-refractivity contribution >= 4 is 30.3 Å². The molecule has 1 aliphatic heterocycles.